The number of hydrogen-bond donors (Lipinski definition) is 1. The van der Waals surface area contributed by atoms with E-state index in [0.29, 0.717) is 6.61 Å². The molecule has 2 bridgehead atoms. The van der Waals surface area contributed by atoms with Crippen molar-refractivity contribution in [2.24, 2.45) is 11.8 Å². The van der Waals surface area contributed by atoms with Crippen LogP contribution in [0.5, 0.6) is 17.2 Å². The Labute approximate surface area is 177 Å². The van der Waals surface area contributed by atoms with Crippen LogP contribution in [-0.4, -0.2) is 41.5 Å². The molecule has 5 rings (SSSR count). The van der Waals surface area contributed by atoms with Crippen LogP contribution in [-0.2, 0) is 12.1 Å². The first-order chi connectivity index (χ1) is 14.7. The summed E-state index contributed by atoms with van der Waals surface area (Å²) in [5.74, 6) is 2.84. The number of fused-ring (bicyclic) bond motifs is 3. The van der Waals surface area contributed by atoms with Crippen molar-refractivity contribution in [2.75, 3.05) is 26.5 Å². The Balaban J connectivity index is 1.39. The van der Waals surface area contributed by atoms with E-state index in [2.05, 4.69) is 22.9 Å². The lowest BCUT2D eigenvalue weighted by Crippen LogP contribution is -2.57. The Bertz CT molecular complexity index is 874. The molecule has 6 nitrogen and oxygen atoms in total. The van der Waals surface area contributed by atoms with Gasteiger partial charge in [0.05, 0.1) is 12.2 Å². The first-order valence-corrected chi connectivity index (χ1v) is 11.1. The third-order valence-electron chi connectivity index (χ3n) is 6.84. The van der Waals surface area contributed by atoms with E-state index in [0.717, 1.165) is 67.3 Å². The van der Waals surface area contributed by atoms with Gasteiger partial charge in [0.25, 0.3) is 0 Å². The fraction of sp³-hybridized carbons (Fsp3) is 0.542. The minimum absolute atomic E-state index is 0.211. The molecule has 3 atom stereocenters. The predicted octanol–water partition coefficient (Wildman–Crippen LogP) is 3.72. The van der Waals surface area contributed by atoms with Crippen LogP contribution in [0.4, 0.5) is 0 Å². The summed E-state index contributed by atoms with van der Waals surface area (Å²) in [5.41, 5.74) is 1.31. The monoisotopic (exact) mass is 410 g/mol. The second-order valence-electron chi connectivity index (χ2n) is 8.75. The molecular weight excluding hydrogens is 380 g/mol. The number of nitrogens with zero attached hydrogens (tertiary/aromatic N) is 2. The average molecular weight is 411 g/mol. The van der Waals surface area contributed by atoms with Crippen molar-refractivity contribution in [3.63, 3.8) is 0 Å². The van der Waals surface area contributed by atoms with Crippen LogP contribution in [0, 0.1) is 11.8 Å². The second kappa shape index (κ2) is 8.08. The zero-order valence-corrected chi connectivity index (χ0v) is 17.5. The van der Waals surface area contributed by atoms with Gasteiger partial charge in [0.15, 0.2) is 11.5 Å². The summed E-state index contributed by atoms with van der Waals surface area (Å²) in [7, 11) is 0. The van der Waals surface area contributed by atoms with Gasteiger partial charge in [0.2, 0.25) is 6.79 Å². The molecule has 1 saturated heterocycles. The quantitative estimate of drug-likeness (QED) is 0.783. The normalized spacial score (nSPS) is 27.8. The van der Waals surface area contributed by atoms with E-state index in [1.807, 2.05) is 24.4 Å². The highest BCUT2D eigenvalue weighted by Gasteiger charge is 2.51. The second-order valence-corrected chi connectivity index (χ2v) is 8.75. The largest absolute Gasteiger partial charge is 0.493 e. The Kier molecular flexibility index (Phi) is 5.29. The van der Waals surface area contributed by atoms with Crippen molar-refractivity contribution >= 4 is 0 Å². The van der Waals surface area contributed by atoms with Crippen LogP contribution >= 0.6 is 0 Å². The molecule has 30 heavy (non-hydrogen) atoms. The van der Waals surface area contributed by atoms with E-state index >= 15 is 0 Å². The topological polar surface area (TPSA) is 64.1 Å². The maximum Gasteiger partial charge on any atom is 0.231 e. The first-order valence-electron chi connectivity index (χ1n) is 11.1. The summed E-state index contributed by atoms with van der Waals surface area (Å²) >= 11 is 0. The van der Waals surface area contributed by atoms with E-state index in [-0.39, 0.29) is 18.6 Å². The minimum atomic E-state index is -0.778. The summed E-state index contributed by atoms with van der Waals surface area (Å²) in [5, 5.41) is 11.8. The van der Waals surface area contributed by atoms with Crippen molar-refractivity contribution in [3.05, 3.63) is 47.8 Å². The molecular formula is C24H30N2O4. The van der Waals surface area contributed by atoms with Crippen molar-refractivity contribution in [1.29, 1.82) is 0 Å². The molecule has 1 aliphatic carbocycles. The number of benzene rings is 1. The molecule has 3 heterocycles. The number of aromatic nitrogens is 1. The van der Waals surface area contributed by atoms with E-state index in [1.165, 1.54) is 6.42 Å². The molecule has 1 unspecified atom stereocenters. The molecule has 1 N–H and O–H groups in total. The summed E-state index contributed by atoms with van der Waals surface area (Å²) in [6.45, 7) is 5.56. The fourth-order valence-electron chi connectivity index (χ4n) is 5.42. The number of hydrogen-bond acceptors (Lipinski definition) is 6. The molecule has 3 aliphatic rings. The van der Waals surface area contributed by atoms with Gasteiger partial charge in [-0.3, -0.25) is 9.88 Å². The molecule has 2 aliphatic heterocycles. The van der Waals surface area contributed by atoms with E-state index < -0.39 is 5.60 Å². The lowest BCUT2D eigenvalue weighted by Gasteiger charge is -2.53. The number of ether oxygens (including phenoxy) is 3. The van der Waals surface area contributed by atoms with E-state index in [9.17, 15) is 5.11 Å². The molecule has 0 radical (unpaired) electrons. The van der Waals surface area contributed by atoms with Crippen molar-refractivity contribution in [3.8, 4) is 17.2 Å². The number of pyridine rings is 1. The smallest absolute Gasteiger partial charge is 0.231 e. The highest BCUT2D eigenvalue weighted by molar-refractivity contribution is 5.52. The Morgan fingerprint density at radius 1 is 1.20 bits per heavy atom. The van der Waals surface area contributed by atoms with Crippen LogP contribution in [0.1, 0.15) is 43.7 Å². The van der Waals surface area contributed by atoms with Crippen molar-refractivity contribution in [2.45, 2.75) is 44.8 Å². The highest BCUT2D eigenvalue weighted by Crippen LogP contribution is 2.49. The van der Waals surface area contributed by atoms with Gasteiger partial charge in [0.1, 0.15) is 5.75 Å². The van der Waals surface area contributed by atoms with E-state index in [1.54, 1.807) is 6.20 Å². The average Bonchev–Trinajstić information content (AvgIpc) is 3.20. The molecule has 6 heteroatoms. The van der Waals surface area contributed by atoms with Crippen LogP contribution in [0.3, 0.4) is 0 Å². The Morgan fingerprint density at radius 3 is 2.67 bits per heavy atom. The predicted molar refractivity (Wildman–Crippen MR) is 113 cm³/mol. The van der Waals surface area contributed by atoms with Crippen LogP contribution in [0.15, 0.2) is 36.7 Å². The van der Waals surface area contributed by atoms with Gasteiger partial charge in [-0.25, -0.2) is 0 Å². The summed E-state index contributed by atoms with van der Waals surface area (Å²) < 4.78 is 17.2. The third kappa shape index (κ3) is 3.42. The van der Waals surface area contributed by atoms with E-state index in [4.69, 9.17) is 14.2 Å². The standard InChI is InChI=1S/C24H30N2O4/c1-2-9-28-21-11-23-22(29-16-30-23)10-17(21)13-26-14-19-5-3-6-20(15-26)24(19,27)18-7-4-8-25-12-18/h4,7-8,10-12,19-20,27H,2-3,5-6,9,13-16H2,1H3/t19-,20+,24?. The number of rotatable bonds is 6. The lowest BCUT2D eigenvalue weighted by atomic mass is 9.63. The summed E-state index contributed by atoms with van der Waals surface area (Å²) in [6, 6.07) is 7.98. The van der Waals surface area contributed by atoms with Crippen molar-refractivity contribution in [1.82, 2.24) is 9.88 Å². The Morgan fingerprint density at radius 2 is 1.97 bits per heavy atom. The zero-order valence-electron chi connectivity index (χ0n) is 17.5. The fourth-order valence-corrected chi connectivity index (χ4v) is 5.42. The van der Waals surface area contributed by atoms with Gasteiger partial charge >= 0.3 is 0 Å². The SMILES string of the molecule is CCCOc1cc2c(cc1CN1C[C@H]3CCC[C@@H](C1)C3(O)c1cccnc1)OCO2. The third-order valence-corrected chi connectivity index (χ3v) is 6.84. The molecule has 0 amide bonds. The van der Waals surface area contributed by atoms with Gasteiger partial charge in [0, 0.05) is 61.1 Å². The van der Waals surface area contributed by atoms with Gasteiger partial charge in [-0.15, -0.1) is 0 Å². The number of aliphatic hydroxyl groups is 1. The Hall–Kier alpha value is -2.31. The molecule has 160 valence electrons. The molecule has 1 aromatic carbocycles. The first kappa shape index (κ1) is 19.6. The minimum Gasteiger partial charge on any atom is -0.493 e. The van der Waals surface area contributed by atoms with Gasteiger partial charge in [-0.1, -0.05) is 19.4 Å². The highest BCUT2D eigenvalue weighted by atomic mass is 16.7. The van der Waals surface area contributed by atoms with Crippen LogP contribution in [0.2, 0.25) is 0 Å². The molecule has 2 fully saturated rings. The lowest BCUT2D eigenvalue weighted by molar-refractivity contribution is -0.148. The summed E-state index contributed by atoms with van der Waals surface area (Å²) in [6.07, 6.45) is 7.84. The maximum atomic E-state index is 11.8. The van der Waals surface area contributed by atoms with Gasteiger partial charge < -0.3 is 19.3 Å². The van der Waals surface area contributed by atoms with Crippen LogP contribution in [0.25, 0.3) is 0 Å². The van der Waals surface area contributed by atoms with Crippen LogP contribution < -0.4 is 14.2 Å². The number of piperidine rings is 1. The molecule has 2 aromatic rings. The maximum absolute atomic E-state index is 11.8. The molecule has 1 aromatic heterocycles. The number of likely N-dealkylation sites (tertiary alicyclic amines) is 1. The van der Waals surface area contributed by atoms with Crippen molar-refractivity contribution < 1.29 is 19.3 Å². The molecule has 0 spiro atoms. The summed E-state index contributed by atoms with van der Waals surface area (Å²) in [4.78, 5) is 6.74. The zero-order chi connectivity index (χ0) is 20.6. The van der Waals surface area contributed by atoms with Gasteiger partial charge in [-0.2, -0.15) is 0 Å². The molecule has 1 saturated carbocycles. The van der Waals surface area contributed by atoms with Gasteiger partial charge in [-0.05, 0) is 31.4 Å².